The van der Waals surface area contributed by atoms with Crippen LogP contribution in [-0.2, 0) is 14.3 Å². The fourth-order valence-electron chi connectivity index (χ4n) is 3.25. The highest BCUT2D eigenvalue weighted by atomic mass is 16.5. The monoisotopic (exact) mass is 237 g/mol. The molecule has 1 N–H and O–H groups in total. The summed E-state index contributed by atoms with van der Waals surface area (Å²) in [5.41, 5.74) is -0.685. The van der Waals surface area contributed by atoms with Crippen molar-refractivity contribution < 1.29 is 19.4 Å². The molecule has 17 heavy (non-hydrogen) atoms. The highest BCUT2D eigenvalue weighted by Crippen LogP contribution is 2.52. The molecular formula is C12H15NO4. The predicted molar refractivity (Wildman–Crippen MR) is 58.2 cm³/mol. The predicted octanol–water partition coefficient (Wildman–Crippen LogP) is 0.261. The number of amides is 1. The topological polar surface area (TPSA) is 66.8 Å². The van der Waals surface area contributed by atoms with E-state index in [1.165, 1.54) is 0 Å². The van der Waals surface area contributed by atoms with Gasteiger partial charge in [0.1, 0.15) is 11.5 Å². The Hall–Kier alpha value is -1.36. The van der Waals surface area contributed by atoms with Gasteiger partial charge in [0.15, 0.2) is 0 Å². The zero-order valence-electron chi connectivity index (χ0n) is 9.79. The average Bonchev–Trinajstić information content (AvgIpc) is 2.86. The second-order valence-electron chi connectivity index (χ2n) is 5.30. The van der Waals surface area contributed by atoms with Crippen LogP contribution >= 0.6 is 0 Å². The number of hydrogen-bond donors (Lipinski definition) is 1. The van der Waals surface area contributed by atoms with Crippen molar-refractivity contribution in [1.29, 1.82) is 0 Å². The normalized spacial score (nSPS) is 42.6. The molecule has 0 aromatic heterocycles. The summed E-state index contributed by atoms with van der Waals surface area (Å²) in [5, 5.41) is 9.24. The lowest BCUT2D eigenvalue weighted by molar-refractivity contribution is -0.148. The molecule has 1 amide bonds. The summed E-state index contributed by atoms with van der Waals surface area (Å²) < 4.78 is 5.75. The van der Waals surface area contributed by atoms with Gasteiger partial charge in [-0.25, -0.2) is 0 Å². The van der Waals surface area contributed by atoms with Crippen molar-refractivity contribution in [2.45, 2.75) is 31.6 Å². The third kappa shape index (κ3) is 1.17. The Kier molecular flexibility index (Phi) is 1.96. The molecule has 5 heteroatoms. The van der Waals surface area contributed by atoms with Crippen LogP contribution in [0.15, 0.2) is 12.2 Å². The first-order valence-electron chi connectivity index (χ1n) is 5.87. The second kappa shape index (κ2) is 3.10. The lowest BCUT2D eigenvalue weighted by atomic mass is 9.77. The van der Waals surface area contributed by atoms with Crippen LogP contribution in [0.2, 0.25) is 0 Å². The van der Waals surface area contributed by atoms with Crippen LogP contribution in [0, 0.1) is 11.8 Å². The van der Waals surface area contributed by atoms with E-state index in [-0.39, 0.29) is 11.9 Å². The van der Waals surface area contributed by atoms with Gasteiger partial charge in [0.25, 0.3) is 0 Å². The molecule has 3 rings (SSSR count). The molecule has 3 heterocycles. The lowest BCUT2D eigenvalue weighted by Gasteiger charge is -2.24. The molecule has 1 spiro atoms. The van der Waals surface area contributed by atoms with Gasteiger partial charge in [0.05, 0.1) is 18.6 Å². The molecule has 0 aromatic carbocycles. The van der Waals surface area contributed by atoms with E-state index in [4.69, 9.17) is 4.74 Å². The maximum Gasteiger partial charge on any atom is 0.310 e. The van der Waals surface area contributed by atoms with Crippen LogP contribution in [0.3, 0.4) is 0 Å². The number of ether oxygens (including phenoxy) is 1. The Morgan fingerprint density at radius 3 is 2.94 bits per heavy atom. The molecule has 4 atom stereocenters. The molecule has 3 aliphatic rings. The summed E-state index contributed by atoms with van der Waals surface area (Å²) in [6.07, 6.45) is 3.23. The first kappa shape index (κ1) is 10.8. The Labute approximate surface area is 99.0 Å². The number of carbonyl (C=O) groups excluding carboxylic acids is 1. The quantitative estimate of drug-likeness (QED) is 0.700. The van der Waals surface area contributed by atoms with Crippen molar-refractivity contribution >= 4 is 11.9 Å². The SMILES string of the molecule is CC(C)N1C[C@@]23C=C[C@H](O2)[C@H](C(=O)O)[C@@H]3C1=O. The number of fused-ring (bicyclic) bond motifs is 1. The Bertz CT molecular complexity index is 430. The van der Waals surface area contributed by atoms with Gasteiger partial charge < -0.3 is 14.7 Å². The highest BCUT2D eigenvalue weighted by Gasteiger charge is 2.67. The standard InChI is InChI=1S/C12H15NO4/c1-6(2)13-5-12-4-3-7(17-12)8(11(15)16)9(12)10(13)14/h3-4,6-9H,5H2,1-2H3,(H,15,16)/t7-,8-,9+,12+/m0/s1. The first-order valence-corrected chi connectivity index (χ1v) is 5.87. The van der Waals surface area contributed by atoms with Crippen molar-refractivity contribution in [1.82, 2.24) is 4.90 Å². The minimum absolute atomic E-state index is 0.0768. The minimum Gasteiger partial charge on any atom is -0.481 e. The smallest absolute Gasteiger partial charge is 0.310 e. The van der Waals surface area contributed by atoms with Crippen LogP contribution in [0.25, 0.3) is 0 Å². The minimum atomic E-state index is -0.940. The fourth-order valence-corrected chi connectivity index (χ4v) is 3.25. The van der Waals surface area contributed by atoms with Gasteiger partial charge in [-0.15, -0.1) is 0 Å². The number of hydrogen-bond acceptors (Lipinski definition) is 3. The summed E-state index contributed by atoms with van der Waals surface area (Å²) in [6.45, 7) is 4.34. The zero-order chi connectivity index (χ0) is 12.4. The number of likely N-dealkylation sites (tertiary alicyclic amines) is 1. The number of aliphatic carboxylic acids is 1. The zero-order valence-corrected chi connectivity index (χ0v) is 9.79. The molecule has 3 aliphatic heterocycles. The molecule has 2 bridgehead atoms. The van der Waals surface area contributed by atoms with Crippen LogP contribution < -0.4 is 0 Å². The Morgan fingerprint density at radius 1 is 1.65 bits per heavy atom. The van der Waals surface area contributed by atoms with Crippen LogP contribution in [0.5, 0.6) is 0 Å². The molecule has 0 radical (unpaired) electrons. The van der Waals surface area contributed by atoms with Gasteiger partial charge in [0, 0.05) is 6.04 Å². The summed E-state index contributed by atoms with van der Waals surface area (Å²) >= 11 is 0. The van der Waals surface area contributed by atoms with E-state index in [2.05, 4.69) is 0 Å². The first-order chi connectivity index (χ1) is 7.96. The van der Waals surface area contributed by atoms with Crippen LogP contribution in [0.1, 0.15) is 13.8 Å². The van der Waals surface area contributed by atoms with Crippen LogP contribution in [0.4, 0.5) is 0 Å². The molecule has 0 aliphatic carbocycles. The maximum atomic E-state index is 12.3. The number of carbonyl (C=O) groups is 2. The second-order valence-corrected chi connectivity index (χ2v) is 5.30. The lowest BCUT2D eigenvalue weighted by Crippen LogP contribution is -2.39. The number of carboxylic acid groups (broad SMARTS) is 1. The molecule has 0 aromatic rings. The van der Waals surface area contributed by atoms with E-state index in [9.17, 15) is 14.7 Å². The van der Waals surface area contributed by atoms with E-state index in [1.807, 2.05) is 19.9 Å². The summed E-state index contributed by atoms with van der Waals surface area (Å²) in [5.74, 6) is -2.29. The largest absolute Gasteiger partial charge is 0.481 e. The van der Waals surface area contributed by atoms with Crippen molar-refractivity contribution in [3.8, 4) is 0 Å². The molecule has 92 valence electrons. The fraction of sp³-hybridized carbons (Fsp3) is 0.667. The summed E-state index contributed by atoms with van der Waals surface area (Å²) in [7, 11) is 0. The van der Waals surface area contributed by atoms with E-state index in [0.717, 1.165) is 0 Å². The van der Waals surface area contributed by atoms with E-state index in [0.29, 0.717) is 6.54 Å². The van der Waals surface area contributed by atoms with E-state index >= 15 is 0 Å². The van der Waals surface area contributed by atoms with E-state index in [1.54, 1.807) is 11.0 Å². The Balaban J connectivity index is 2.01. The van der Waals surface area contributed by atoms with Gasteiger partial charge in [0.2, 0.25) is 5.91 Å². The van der Waals surface area contributed by atoms with Crippen molar-refractivity contribution in [2.75, 3.05) is 6.54 Å². The van der Waals surface area contributed by atoms with E-state index < -0.39 is 29.5 Å². The summed E-state index contributed by atoms with van der Waals surface area (Å²) in [6, 6.07) is 0.0768. The Morgan fingerprint density at radius 2 is 2.35 bits per heavy atom. The molecular weight excluding hydrogens is 222 g/mol. The number of rotatable bonds is 2. The van der Waals surface area contributed by atoms with Crippen molar-refractivity contribution in [3.05, 3.63) is 12.2 Å². The third-order valence-corrected chi connectivity index (χ3v) is 4.04. The third-order valence-electron chi connectivity index (χ3n) is 4.04. The molecule has 5 nitrogen and oxygen atoms in total. The van der Waals surface area contributed by atoms with Gasteiger partial charge in [-0.05, 0) is 13.8 Å². The number of nitrogens with zero attached hydrogens (tertiary/aromatic N) is 1. The van der Waals surface area contributed by atoms with Crippen molar-refractivity contribution in [2.24, 2.45) is 11.8 Å². The molecule has 2 fully saturated rings. The van der Waals surface area contributed by atoms with Gasteiger partial charge >= 0.3 is 5.97 Å². The number of carboxylic acids is 1. The van der Waals surface area contributed by atoms with Gasteiger partial charge in [-0.2, -0.15) is 0 Å². The van der Waals surface area contributed by atoms with Crippen molar-refractivity contribution in [3.63, 3.8) is 0 Å². The summed E-state index contributed by atoms with van der Waals surface area (Å²) in [4.78, 5) is 25.3. The van der Waals surface area contributed by atoms with Gasteiger partial charge in [-0.1, -0.05) is 12.2 Å². The molecule has 0 saturated carbocycles. The average molecular weight is 237 g/mol. The maximum absolute atomic E-state index is 12.3. The van der Waals surface area contributed by atoms with Gasteiger partial charge in [-0.3, -0.25) is 9.59 Å². The van der Waals surface area contributed by atoms with Crippen LogP contribution in [-0.4, -0.2) is 46.2 Å². The molecule has 2 saturated heterocycles. The molecule has 0 unspecified atom stereocenters. The highest BCUT2D eigenvalue weighted by molar-refractivity contribution is 5.90.